The highest BCUT2D eigenvalue weighted by atomic mass is 35.5. The van der Waals surface area contributed by atoms with Gasteiger partial charge in [0.25, 0.3) is 0 Å². The molecule has 144 valence electrons. The first-order valence-electron chi connectivity index (χ1n) is 9.86. The SMILES string of the molecule is CC1(c2ccccc2)c2ccccc2CCN1C(=O)CN1CCCCC1.Cl. The third-order valence-corrected chi connectivity index (χ3v) is 6.13. The van der Waals surface area contributed by atoms with Gasteiger partial charge in [-0.05, 0) is 56.0 Å². The minimum Gasteiger partial charge on any atom is -0.328 e. The van der Waals surface area contributed by atoms with Gasteiger partial charge in [0.2, 0.25) is 5.91 Å². The van der Waals surface area contributed by atoms with Crippen molar-refractivity contribution in [3.8, 4) is 0 Å². The second kappa shape index (κ2) is 8.45. The number of fused-ring (bicyclic) bond motifs is 1. The van der Waals surface area contributed by atoms with E-state index in [4.69, 9.17) is 0 Å². The van der Waals surface area contributed by atoms with Crippen molar-refractivity contribution in [1.29, 1.82) is 0 Å². The van der Waals surface area contributed by atoms with Crippen molar-refractivity contribution >= 4 is 18.3 Å². The van der Waals surface area contributed by atoms with Crippen LogP contribution in [-0.4, -0.2) is 41.9 Å². The molecule has 4 heteroatoms. The number of amides is 1. The van der Waals surface area contributed by atoms with Gasteiger partial charge < -0.3 is 4.90 Å². The van der Waals surface area contributed by atoms with E-state index < -0.39 is 5.54 Å². The second-order valence-corrected chi connectivity index (χ2v) is 7.73. The van der Waals surface area contributed by atoms with E-state index in [0.717, 1.165) is 26.1 Å². The van der Waals surface area contributed by atoms with Crippen molar-refractivity contribution in [2.75, 3.05) is 26.2 Å². The summed E-state index contributed by atoms with van der Waals surface area (Å²) in [6.45, 7) is 5.66. The molecule has 27 heavy (non-hydrogen) atoms. The van der Waals surface area contributed by atoms with Gasteiger partial charge in [-0.2, -0.15) is 0 Å². The highest BCUT2D eigenvalue weighted by molar-refractivity contribution is 5.85. The summed E-state index contributed by atoms with van der Waals surface area (Å²) in [5.41, 5.74) is 3.42. The minimum atomic E-state index is -0.400. The molecule has 2 aromatic carbocycles. The maximum absolute atomic E-state index is 13.3. The van der Waals surface area contributed by atoms with Crippen LogP contribution in [0.5, 0.6) is 0 Å². The molecule has 0 radical (unpaired) electrons. The van der Waals surface area contributed by atoms with Gasteiger partial charge in [-0.1, -0.05) is 61.0 Å². The first-order valence-corrected chi connectivity index (χ1v) is 9.86. The van der Waals surface area contributed by atoms with Gasteiger partial charge in [0, 0.05) is 6.54 Å². The van der Waals surface area contributed by atoms with E-state index in [1.165, 1.54) is 36.0 Å². The van der Waals surface area contributed by atoms with Crippen molar-refractivity contribution in [2.24, 2.45) is 0 Å². The molecule has 1 saturated heterocycles. The van der Waals surface area contributed by atoms with Crippen LogP contribution in [0.1, 0.15) is 42.9 Å². The average Bonchev–Trinajstić information content (AvgIpc) is 2.70. The van der Waals surface area contributed by atoms with E-state index in [0.29, 0.717) is 6.54 Å². The van der Waals surface area contributed by atoms with Gasteiger partial charge >= 0.3 is 0 Å². The predicted molar refractivity (Wildman–Crippen MR) is 112 cm³/mol. The molecule has 1 fully saturated rings. The van der Waals surface area contributed by atoms with Gasteiger partial charge in [0.05, 0.1) is 12.1 Å². The van der Waals surface area contributed by atoms with Crippen LogP contribution in [0.3, 0.4) is 0 Å². The van der Waals surface area contributed by atoms with E-state index in [1.807, 2.05) is 6.07 Å². The number of hydrogen-bond donors (Lipinski definition) is 0. The molecule has 0 spiro atoms. The smallest absolute Gasteiger partial charge is 0.237 e. The summed E-state index contributed by atoms with van der Waals surface area (Å²) in [6.07, 6.45) is 4.66. The highest BCUT2D eigenvalue weighted by Gasteiger charge is 2.42. The number of likely N-dealkylation sites (tertiary alicyclic amines) is 1. The summed E-state index contributed by atoms with van der Waals surface area (Å²) in [7, 11) is 0. The summed E-state index contributed by atoms with van der Waals surface area (Å²) in [5, 5.41) is 0. The van der Waals surface area contributed by atoms with Crippen molar-refractivity contribution in [2.45, 2.75) is 38.1 Å². The molecule has 2 aliphatic rings. The topological polar surface area (TPSA) is 23.6 Å². The monoisotopic (exact) mass is 384 g/mol. The summed E-state index contributed by atoms with van der Waals surface area (Å²) in [4.78, 5) is 17.8. The fourth-order valence-corrected chi connectivity index (χ4v) is 4.66. The molecule has 3 nitrogen and oxygen atoms in total. The van der Waals surface area contributed by atoms with Crippen LogP contribution in [0.15, 0.2) is 54.6 Å². The number of nitrogens with zero attached hydrogens (tertiary/aromatic N) is 2. The second-order valence-electron chi connectivity index (χ2n) is 7.73. The first-order chi connectivity index (χ1) is 12.7. The van der Waals surface area contributed by atoms with Crippen molar-refractivity contribution in [1.82, 2.24) is 9.80 Å². The van der Waals surface area contributed by atoms with E-state index in [-0.39, 0.29) is 18.3 Å². The number of carbonyl (C=O) groups is 1. The number of piperidine rings is 1. The molecule has 0 aliphatic carbocycles. The minimum absolute atomic E-state index is 0. The molecule has 0 aromatic heterocycles. The lowest BCUT2D eigenvalue weighted by atomic mass is 9.77. The van der Waals surface area contributed by atoms with Crippen LogP contribution in [-0.2, 0) is 16.8 Å². The fourth-order valence-electron chi connectivity index (χ4n) is 4.66. The van der Waals surface area contributed by atoms with Crippen LogP contribution in [0.2, 0.25) is 0 Å². The van der Waals surface area contributed by atoms with Crippen molar-refractivity contribution < 1.29 is 4.79 Å². The molecule has 0 saturated carbocycles. The Hall–Kier alpha value is -1.84. The molecule has 2 aliphatic heterocycles. The Morgan fingerprint density at radius 1 is 0.926 bits per heavy atom. The van der Waals surface area contributed by atoms with Gasteiger partial charge in [-0.3, -0.25) is 9.69 Å². The quantitative estimate of drug-likeness (QED) is 0.790. The molecule has 0 N–H and O–H groups in total. The zero-order valence-electron chi connectivity index (χ0n) is 16.1. The van der Waals surface area contributed by atoms with Crippen LogP contribution in [0.4, 0.5) is 0 Å². The molecular weight excluding hydrogens is 356 g/mol. The Morgan fingerprint density at radius 2 is 1.59 bits per heavy atom. The third kappa shape index (κ3) is 3.76. The lowest BCUT2D eigenvalue weighted by Crippen LogP contribution is -2.55. The Morgan fingerprint density at radius 3 is 2.33 bits per heavy atom. The maximum atomic E-state index is 13.3. The van der Waals surface area contributed by atoms with Crippen LogP contribution in [0.25, 0.3) is 0 Å². The highest BCUT2D eigenvalue weighted by Crippen LogP contribution is 2.41. The van der Waals surface area contributed by atoms with Gasteiger partial charge in [-0.15, -0.1) is 12.4 Å². The first kappa shape index (κ1) is 19.9. The molecule has 0 bridgehead atoms. The molecular formula is C23H29ClN2O. The lowest BCUT2D eigenvalue weighted by Gasteiger charge is -2.47. The van der Waals surface area contributed by atoms with Gasteiger partial charge in [-0.25, -0.2) is 0 Å². The Bertz CT molecular complexity index is 773. The lowest BCUT2D eigenvalue weighted by molar-refractivity contribution is -0.138. The van der Waals surface area contributed by atoms with E-state index >= 15 is 0 Å². The number of benzene rings is 2. The third-order valence-electron chi connectivity index (χ3n) is 6.13. The zero-order chi connectivity index (χ0) is 18.0. The fraction of sp³-hybridized carbons (Fsp3) is 0.435. The summed E-state index contributed by atoms with van der Waals surface area (Å²) in [6, 6.07) is 19.1. The molecule has 2 heterocycles. The number of carbonyl (C=O) groups excluding carboxylic acids is 1. The Balaban J connectivity index is 0.00000210. The normalized spacial score (nSPS) is 22.6. The summed E-state index contributed by atoms with van der Waals surface area (Å²) >= 11 is 0. The molecule has 4 rings (SSSR count). The Kier molecular flexibility index (Phi) is 6.23. The van der Waals surface area contributed by atoms with Crippen molar-refractivity contribution in [3.05, 3.63) is 71.3 Å². The molecule has 1 amide bonds. The Labute approximate surface area is 168 Å². The van der Waals surface area contributed by atoms with Gasteiger partial charge in [0.1, 0.15) is 0 Å². The molecule has 1 unspecified atom stereocenters. The van der Waals surface area contributed by atoms with Crippen LogP contribution in [0, 0.1) is 0 Å². The summed E-state index contributed by atoms with van der Waals surface area (Å²) in [5.74, 6) is 0.257. The van der Waals surface area contributed by atoms with Crippen LogP contribution < -0.4 is 0 Å². The van der Waals surface area contributed by atoms with E-state index in [2.05, 4.69) is 65.3 Å². The number of halogens is 1. The predicted octanol–water partition coefficient (Wildman–Crippen LogP) is 4.24. The van der Waals surface area contributed by atoms with Gasteiger partial charge in [0.15, 0.2) is 0 Å². The van der Waals surface area contributed by atoms with E-state index in [9.17, 15) is 4.79 Å². The largest absolute Gasteiger partial charge is 0.328 e. The zero-order valence-corrected chi connectivity index (χ0v) is 16.9. The average molecular weight is 385 g/mol. The van der Waals surface area contributed by atoms with E-state index in [1.54, 1.807) is 0 Å². The standard InChI is InChI=1S/C23H28N2O.ClH/c1-23(20-11-4-2-5-12-20)21-13-7-6-10-19(21)14-17-25(23)22(26)18-24-15-8-3-9-16-24;/h2,4-7,10-13H,3,8-9,14-18H2,1H3;1H. The maximum Gasteiger partial charge on any atom is 0.237 e. The van der Waals surface area contributed by atoms with Crippen LogP contribution >= 0.6 is 12.4 Å². The molecule has 1 atom stereocenters. The molecule has 2 aromatic rings. The van der Waals surface area contributed by atoms with Crippen molar-refractivity contribution in [3.63, 3.8) is 0 Å². The number of rotatable bonds is 3. The number of hydrogen-bond acceptors (Lipinski definition) is 2. The summed E-state index contributed by atoms with van der Waals surface area (Å²) < 4.78 is 0.